The van der Waals surface area contributed by atoms with Crippen molar-refractivity contribution in [2.45, 2.75) is 20.4 Å². The first-order chi connectivity index (χ1) is 6.76. The molecule has 1 aromatic carbocycles. The number of aryl methyl sites for hydroxylation is 2. The van der Waals surface area contributed by atoms with Gasteiger partial charge in [-0.1, -0.05) is 17.3 Å². The Kier molecular flexibility index (Phi) is 4.12. The van der Waals surface area contributed by atoms with Crippen LogP contribution in [0.15, 0.2) is 18.2 Å². The lowest BCUT2D eigenvalue weighted by molar-refractivity contribution is -0.669. The van der Waals surface area contributed by atoms with E-state index in [1.807, 2.05) is 17.4 Å². The van der Waals surface area contributed by atoms with E-state index in [1.165, 1.54) is 15.2 Å². The zero-order valence-electron chi connectivity index (χ0n) is 8.75. The first-order valence-corrected chi connectivity index (χ1v) is 5.47. The second kappa shape index (κ2) is 4.95. The molecule has 15 heavy (non-hydrogen) atoms. The fourth-order valence-corrected chi connectivity index (χ4v) is 2.75. The minimum absolute atomic E-state index is 0. The molecule has 2 rings (SSSR count). The van der Waals surface area contributed by atoms with Gasteiger partial charge in [-0.25, -0.2) is 0 Å². The summed E-state index contributed by atoms with van der Waals surface area (Å²) >= 11 is 1.82. The molecular formula is C12H12INS. The molecule has 0 aliphatic heterocycles. The van der Waals surface area contributed by atoms with Crippen LogP contribution in [0.25, 0.3) is 10.2 Å². The quantitative estimate of drug-likeness (QED) is 0.377. The zero-order valence-corrected chi connectivity index (χ0v) is 11.7. The highest BCUT2D eigenvalue weighted by Crippen LogP contribution is 2.20. The Morgan fingerprint density at radius 1 is 1.47 bits per heavy atom. The van der Waals surface area contributed by atoms with E-state index in [0.717, 1.165) is 12.1 Å². The lowest BCUT2D eigenvalue weighted by atomic mass is 10.2. The fraction of sp³-hybridized carbons (Fsp3) is 0.250. The molecule has 0 atom stereocenters. The van der Waals surface area contributed by atoms with E-state index in [-0.39, 0.29) is 24.0 Å². The Bertz CT molecular complexity index is 522. The van der Waals surface area contributed by atoms with Gasteiger partial charge in [0.2, 0.25) is 10.5 Å². The Morgan fingerprint density at radius 2 is 2.20 bits per heavy atom. The van der Waals surface area contributed by atoms with Crippen molar-refractivity contribution in [3.05, 3.63) is 28.8 Å². The number of aromatic nitrogens is 1. The van der Waals surface area contributed by atoms with Crippen molar-refractivity contribution in [2.75, 3.05) is 0 Å². The first kappa shape index (κ1) is 12.5. The number of hydrogen-bond donors (Lipinski definition) is 0. The SMILES string of the molecule is C#Cc1ccc2sc(C)[n+](CC)c2c1.[I-]. The highest BCUT2D eigenvalue weighted by atomic mass is 127. The zero-order chi connectivity index (χ0) is 10.1. The molecule has 0 spiro atoms. The molecule has 78 valence electrons. The van der Waals surface area contributed by atoms with Gasteiger partial charge in [0, 0.05) is 18.6 Å². The van der Waals surface area contributed by atoms with Crippen molar-refractivity contribution in [1.82, 2.24) is 0 Å². The van der Waals surface area contributed by atoms with Crippen molar-refractivity contribution in [3.8, 4) is 12.3 Å². The van der Waals surface area contributed by atoms with Gasteiger partial charge in [-0.15, -0.1) is 6.42 Å². The predicted octanol–water partition coefficient (Wildman–Crippen LogP) is -0.498. The van der Waals surface area contributed by atoms with E-state index in [4.69, 9.17) is 6.42 Å². The van der Waals surface area contributed by atoms with Gasteiger partial charge < -0.3 is 24.0 Å². The maximum Gasteiger partial charge on any atom is 0.235 e. The Labute approximate surface area is 111 Å². The van der Waals surface area contributed by atoms with Gasteiger partial charge in [0.1, 0.15) is 11.2 Å². The molecule has 0 aliphatic rings. The van der Waals surface area contributed by atoms with Crippen LogP contribution in [0.4, 0.5) is 0 Å². The molecule has 0 N–H and O–H groups in total. The summed E-state index contributed by atoms with van der Waals surface area (Å²) in [5.74, 6) is 2.67. The molecule has 0 radical (unpaired) electrons. The lowest BCUT2D eigenvalue weighted by Crippen LogP contribution is -3.00. The number of hydrogen-bond acceptors (Lipinski definition) is 1. The largest absolute Gasteiger partial charge is 1.00 e. The second-order valence-corrected chi connectivity index (χ2v) is 4.43. The van der Waals surface area contributed by atoms with Crippen molar-refractivity contribution in [3.63, 3.8) is 0 Å². The first-order valence-electron chi connectivity index (χ1n) is 4.66. The third kappa shape index (κ3) is 2.16. The van der Waals surface area contributed by atoms with Gasteiger partial charge in [-0.2, -0.15) is 4.57 Å². The molecule has 0 saturated carbocycles. The Morgan fingerprint density at radius 3 is 2.80 bits per heavy atom. The van der Waals surface area contributed by atoms with Crippen LogP contribution in [0.2, 0.25) is 0 Å². The van der Waals surface area contributed by atoms with E-state index < -0.39 is 0 Å². The van der Waals surface area contributed by atoms with Crippen LogP contribution >= 0.6 is 11.3 Å². The van der Waals surface area contributed by atoms with Crippen LogP contribution in [0, 0.1) is 19.3 Å². The lowest BCUT2D eigenvalue weighted by Gasteiger charge is -1.91. The van der Waals surface area contributed by atoms with Crippen LogP contribution in [0.5, 0.6) is 0 Å². The van der Waals surface area contributed by atoms with Crippen molar-refractivity contribution in [1.29, 1.82) is 0 Å². The Hall–Kier alpha value is -0.600. The van der Waals surface area contributed by atoms with E-state index in [9.17, 15) is 0 Å². The summed E-state index contributed by atoms with van der Waals surface area (Å²) < 4.78 is 3.60. The maximum absolute atomic E-state index is 5.38. The predicted molar refractivity (Wildman–Crippen MR) is 60.4 cm³/mol. The van der Waals surface area contributed by atoms with Crippen LogP contribution in [-0.4, -0.2) is 0 Å². The Balaban J connectivity index is 0.00000112. The topological polar surface area (TPSA) is 3.88 Å². The third-order valence-corrected chi connectivity index (χ3v) is 3.45. The normalized spacial score (nSPS) is 9.67. The van der Waals surface area contributed by atoms with Crippen molar-refractivity contribution in [2.24, 2.45) is 0 Å². The van der Waals surface area contributed by atoms with E-state index in [0.29, 0.717) is 0 Å². The molecule has 2 aromatic rings. The van der Waals surface area contributed by atoms with Gasteiger partial charge in [0.05, 0.1) is 0 Å². The number of nitrogens with zero attached hydrogens (tertiary/aromatic N) is 1. The summed E-state index contributed by atoms with van der Waals surface area (Å²) in [7, 11) is 0. The summed E-state index contributed by atoms with van der Waals surface area (Å²) in [4.78, 5) is 0. The number of terminal acetylenes is 1. The molecule has 0 bridgehead atoms. The molecule has 1 heterocycles. The molecule has 1 nitrogen and oxygen atoms in total. The average Bonchev–Trinajstić information content (AvgIpc) is 2.52. The number of benzene rings is 1. The number of thiazole rings is 1. The summed E-state index contributed by atoms with van der Waals surface area (Å²) in [5, 5.41) is 1.33. The second-order valence-electron chi connectivity index (χ2n) is 3.19. The monoisotopic (exact) mass is 329 g/mol. The molecule has 0 aliphatic carbocycles. The summed E-state index contributed by atoms with van der Waals surface area (Å²) in [6.45, 7) is 5.30. The number of halogens is 1. The number of rotatable bonds is 1. The minimum atomic E-state index is 0. The van der Waals surface area contributed by atoms with Crippen LogP contribution in [-0.2, 0) is 6.54 Å². The standard InChI is InChI=1S/C12H12NS.HI/c1-4-10-6-7-12-11(8-10)13(5-2)9(3)14-12;/h1,6-8H,5H2,2-3H3;1H/q+1;/p-1. The summed E-state index contributed by atoms with van der Waals surface area (Å²) in [5.41, 5.74) is 2.21. The molecular weight excluding hydrogens is 317 g/mol. The van der Waals surface area contributed by atoms with Crippen LogP contribution in [0.1, 0.15) is 17.5 Å². The fourth-order valence-electron chi connectivity index (χ4n) is 1.68. The molecule has 1 aromatic heterocycles. The minimum Gasteiger partial charge on any atom is -1.00 e. The van der Waals surface area contributed by atoms with E-state index in [2.05, 4.69) is 36.5 Å². The van der Waals surface area contributed by atoms with Crippen LogP contribution < -0.4 is 28.5 Å². The molecule has 0 saturated heterocycles. The smallest absolute Gasteiger partial charge is 0.235 e. The van der Waals surface area contributed by atoms with Gasteiger partial charge >= 0.3 is 0 Å². The van der Waals surface area contributed by atoms with Crippen molar-refractivity contribution < 1.29 is 28.5 Å². The third-order valence-electron chi connectivity index (χ3n) is 2.37. The average molecular weight is 329 g/mol. The molecule has 3 heteroatoms. The van der Waals surface area contributed by atoms with Crippen LogP contribution in [0.3, 0.4) is 0 Å². The molecule has 0 unspecified atom stereocenters. The number of fused-ring (bicyclic) bond motifs is 1. The van der Waals surface area contributed by atoms with Gasteiger partial charge in [0.25, 0.3) is 0 Å². The van der Waals surface area contributed by atoms with E-state index in [1.54, 1.807) is 0 Å². The van der Waals surface area contributed by atoms with Gasteiger partial charge in [-0.3, -0.25) is 0 Å². The summed E-state index contributed by atoms with van der Waals surface area (Å²) in [6.07, 6.45) is 5.38. The van der Waals surface area contributed by atoms with Gasteiger partial charge in [-0.05, 0) is 19.1 Å². The highest BCUT2D eigenvalue weighted by molar-refractivity contribution is 7.18. The van der Waals surface area contributed by atoms with Gasteiger partial charge in [0.15, 0.2) is 0 Å². The van der Waals surface area contributed by atoms with E-state index >= 15 is 0 Å². The highest BCUT2D eigenvalue weighted by Gasteiger charge is 2.14. The summed E-state index contributed by atoms with van der Waals surface area (Å²) in [6, 6.07) is 6.19. The van der Waals surface area contributed by atoms with Crippen molar-refractivity contribution >= 4 is 21.6 Å². The molecule has 0 amide bonds. The molecule has 0 fully saturated rings. The maximum atomic E-state index is 5.38.